The molecule has 0 amide bonds. The number of hydrogen-bond acceptors (Lipinski definition) is 4. The molecule has 0 bridgehead atoms. The van der Waals surface area contributed by atoms with Crippen molar-refractivity contribution in [3.8, 4) is 0 Å². The number of nitrogens with two attached hydrogens (primary N) is 1. The predicted octanol–water partition coefficient (Wildman–Crippen LogP) is 0.899. The topological polar surface area (TPSA) is 72.2 Å². The molecule has 14 heavy (non-hydrogen) atoms. The van der Waals surface area contributed by atoms with Gasteiger partial charge in [0.2, 0.25) is 10.0 Å². The minimum atomic E-state index is -3.47. The lowest BCUT2D eigenvalue weighted by molar-refractivity contribution is 0.586. The second-order valence-electron chi connectivity index (χ2n) is 2.59. The van der Waals surface area contributed by atoms with Gasteiger partial charge >= 0.3 is 0 Å². The van der Waals surface area contributed by atoms with Crippen LogP contribution in [0.1, 0.15) is 0 Å². The third-order valence-electron chi connectivity index (χ3n) is 1.77. The maximum absolute atomic E-state index is 11.6. The lowest BCUT2D eigenvalue weighted by Crippen LogP contribution is -2.20. The average molecular weight is 232 g/mol. The summed E-state index contributed by atoms with van der Waals surface area (Å²) in [4.78, 5) is 0.814. The van der Waals surface area contributed by atoms with Crippen molar-refractivity contribution >= 4 is 27.5 Å². The molecule has 0 saturated carbocycles. The van der Waals surface area contributed by atoms with Gasteiger partial charge in [-0.2, -0.15) is 0 Å². The van der Waals surface area contributed by atoms with Gasteiger partial charge in [0.15, 0.2) is 0 Å². The van der Waals surface area contributed by atoms with E-state index in [0.717, 1.165) is 0 Å². The normalized spacial score (nSPS) is 11.6. The average Bonchev–Trinajstić information content (AvgIpc) is 2.17. The van der Waals surface area contributed by atoms with Crippen LogP contribution in [0.4, 0.5) is 5.69 Å². The van der Waals surface area contributed by atoms with Gasteiger partial charge in [-0.05, 0) is 25.4 Å². The zero-order valence-corrected chi connectivity index (χ0v) is 9.58. The fourth-order valence-electron chi connectivity index (χ4n) is 1.08. The Labute approximate surface area is 87.9 Å². The van der Waals surface area contributed by atoms with Gasteiger partial charge in [0, 0.05) is 4.90 Å². The Morgan fingerprint density at radius 3 is 2.57 bits per heavy atom. The smallest absolute Gasteiger partial charge is 0.243 e. The molecule has 4 nitrogen and oxygen atoms in total. The van der Waals surface area contributed by atoms with Crippen molar-refractivity contribution in [2.24, 2.45) is 0 Å². The molecule has 1 aromatic carbocycles. The standard InChI is InChI=1S/C8H12N2O2S2/c1-10-14(11,12)8-6(9)4-3-5-7(8)13-2/h3-5,10H,9H2,1-2H3. The van der Waals surface area contributed by atoms with Crippen LogP contribution in [0.15, 0.2) is 28.0 Å². The van der Waals surface area contributed by atoms with Crippen LogP contribution in [0.2, 0.25) is 0 Å². The van der Waals surface area contributed by atoms with E-state index in [4.69, 9.17) is 5.73 Å². The molecule has 0 aliphatic rings. The zero-order valence-electron chi connectivity index (χ0n) is 7.94. The number of nitrogen functional groups attached to an aromatic ring is 1. The summed E-state index contributed by atoms with van der Waals surface area (Å²) in [6, 6.07) is 5.03. The summed E-state index contributed by atoms with van der Waals surface area (Å²) < 4.78 is 25.4. The highest BCUT2D eigenvalue weighted by atomic mass is 32.2. The molecular formula is C8H12N2O2S2. The molecule has 0 saturated heterocycles. The molecule has 0 aliphatic carbocycles. The number of benzene rings is 1. The van der Waals surface area contributed by atoms with Crippen LogP contribution in [0.3, 0.4) is 0 Å². The zero-order chi connectivity index (χ0) is 10.8. The monoisotopic (exact) mass is 232 g/mol. The molecule has 0 spiro atoms. The van der Waals surface area contributed by atoms with Crippen molar-refractivity contribution in [3.05, 3.63) is 18.2 Å². The SMILES string of the molecule is CNS(=O)(=O)c1c(N)cccc1SC. The maximum atomic E-state index is 11.6. The number of anilines is 1. The number of hydrogen-bond donors (Lipinski definition) is 2. The minimum absolute atomic E-state index is 0.162. The first kappa shape index (κ1) is 11.4. The summed E-state index contributed by atoms with van der Waals surface area (Å²) in [7, 11) is -2.10. The van der Waals surface area contributed by atoms with E-state index in [1.165, 1.54) is 18.8 Å². The van der Waals surface area contributed by atoms with Gasteiger partial charge in [-0.25, -0.2) is 13.1 Å². The lowest BCUT2D eigenvalue weighted by Gasteiger charge is -2.09. The Morgan fingerprint density at radius 2 is 2.07 bits per heavy atom. The van der Waals surface area contributed by atoms with E-state index in [2.05, 4.69) is 4.72 Å². The van der Waals surface area contributed by atoms with E-state index >= 15 is 0 Å². The van der Waals surface area contributed by atoms with Crippen molar-refractivity contribution in [2.75, 3.05) is 19.0 Å². The highest BCUT2D eigenvalue weighted by Gasteiger charge is 2.19. The van der Waals surface area contributed by atoms with Crippen LogP contribution in [0, 0.1) is 0 Å². The van der Waals surface area contributed by atoms with E-state index in [1.807, 2.05) is 6.26 Å². The van der Waals surface area contributed by atoms with Crippen molar-refractivity contribution in [3.63, 3.8) is 0 Å². The quantitative estimate of drug-likeness (QED) is 0.600. The third kappa shape index (κ3) is 2.02. The highest BCUT2D eigenvalue weighted by Crippen LogP contribution is 2.29. The van der Waals surface area contributed by atoms with Crippen LogP contribution >= 0.6 is 11.8 Å². The Bertz CT molecular complexity index is 429. The highest BCUT2D eigenvalue weighted by molar-refractivity contribution is 7.99. The summed E-state index contributed by atoms with van der Waals surface area (Å²) in [5.74, 6) is 0. The van der Waals surface area contributed by atoms with Gasteiger partial charge in [-0.1, -0.05) is 6.07 Å². The number of nitrogens with one attached hydrogen (secondary N) is 1. The predicted molar refractivity (Wildman–Crippen MR) is 58.9 cm³/mol. The van der Waals surface area contributed by atoms with Gasteiger partial charge in [-0.15, -0.1) is 11.8 Å². The second kappa shape index (κ2) is 4.20. The van der Waals surface area contributed by atoms with Crippen LogP contribution in [-0.4, -0.2) is 21.7 Å². The summed E-state index contributed by atoms with van der Waals surface area (Å²) in [6.45, 7) is 0. The molecule has 78 valence electrons. The molecule has 6 heteroatoms. The van der Waals surface area contributed by atoms with Crippen LogP contribution in [-0.2, 0) is 10.0 Å². The molecule has 0 aliphatic heterocycles. The van der Waals surface area contributed by atoms with Gasteiger partial charge < -0.3 is 5.73 Å². The van der Waals surface area contributed by atoms with E-state index < -0.39 is 10.0 Å². The Kier molecular flexibility index (Phi) is 3.41. The summed E-state index contributed by atoms with van der Waals surface area (Å²) >= 11 is 1.35. The molecule has 0 aromatic heterocycles. The Hall–Kier alpha value is -0.720. The van der Waals surface area contributed by atoms with Gasteiger partial charge in [0.25, 0.3) is 0 Å². The first-order valence-electron chi connectivity index (χ1n) is 3.89. The van der Waals surface area contributed by atoms with Crippen LogP contribution in [0.25, 0.3) is 0 Å². The van der Waals surface area contributed by atoms with Crippen LogP contribution in [0.5, 0.6) is 0 Å². The van der Waals surface area contributed by atoms with Gasteiger partial charge in [-0.3, -0.25) is 0 Å². The van der Waals surface area contributed by atoms with E-state index in [-0.39, 0.29) is 10.6 Å². The summed E-state index contributed by atoms with van der Waals surface area (Å²) in [5.41, 5.74) is 5.90. The summed E-state index contributed by atoms with van der Waals surface area (Å²) in [5, 5.41) is 0. The molecule has 0 unspecified atom stereocenters. The molecule has 0 atom stereocenters. The van der Waals surface area contributed by atoms with Gasteiger partial charge in [0.1, 0.15) is 4.90 Å². The van der Waals surface area contributed by atoms with Crippen molar-refractivity contribution < 1.29 is 8.42 Å². The van der Waals surface area contributed by atoms with E-state index in [9.17, 15) is 8.42 Å². The van der Waals surface area contributed by atoms with Crippen molar-refractivity contribution in [1.29, 1.82) is 0 Å². The number of sulfonamides is 1. The molecule has 0 heterocycles. The number of thioether (sulfide) groups is 1. The molecule has 0 fully saturated rings. The van der Waals surface area contributed by atoms with Crippen LogP contribution < -0.4 is 10.5 Å². The minimum Gasteiger partial charge on any atom is -0.398 e. The Morgan fingerprint density at radius 1 is 1.43 bits per heavy atom. The molecule has 1 aromatic rings. The first-order valence-corrected chi connectivity index (χ1v) is 6.59. The van der Waals surface area contributed by atoms with Crippen molar-refractivity contribution in [2.45, 2.75) is 9.79 Å². The summed E-state index contributed by atoms with van der Waals surface area (Å²) in [6.07, 6.45) is 1.81. The molecule has 1 rings (SSSR count). The largest absolute Gasteiger partial charge is 0.398 e. The van der Waals surface area contributed by atoms with Crippen molar-refractivity contribution in [1.82, 2.24) is 4.72 Å². The van der Waals surface area contributed by atoms with E-state index in [0.29, 0.717) is 4.90 Å². The molecule has 0 radical (unpaired) electrons. The Balaban J connectivity index is 3.46. The fraction of sp³-hybridized carbons (Fsp3) is 0.250. The maximum Gasteiger partial charge on any atom is 0.243 e. The fourth-order valence-corrected chi connectivity index (χ4v) is 3.10. The second-order valence-corrected chi connectivity index (χ2v) is 5.26. The van der Waals surface area contributed by atoms with Gasteiger partial charge in [0.05, 0.1) is 5.69 Å². The lowest BCUT2D eigenvalue weighted by atomic mass is 10.3. The van der Waals surface area contributed by atoms with E-state index in [1.54, 1.807) is 18.2 Å². The molecular weight excluding hydrogens is 220 g/mol. The molecule has 3 N–H and O–H groups in total. The third-order valence-corrected chi connectivity index (χ3v) is 4.21. The number of rotatable bonds is 3. The first-order chi connectivity index (χ1) is 6.53.